The summed E-state index contributed by atoms with van der Waals surface area (Å²) in [5, 5.41) is 14.0. The van der Waals surface area contributed by atoms with Gasteiger partial charge in [-0.2, -0.15) is 0 Å². The van der Waals surface area contributed by atoms with Gasteiger partial charge in [0.05, 0.1) is 22.7 Å². The summed E-state index contributed by atoms with van der Waals surface area (Å²) >= 11 is 6.03. The Labute approximate surface area is 194 Å². The molecule has 33 heavy (non-hydrogen) atoms. The summed E-state index contributed by atoms with van der Waals surface area (Å²) in [6, 6.07) is 17.3. The molecule has 0 heterocycles. The van der Waals surface area contributed by atoms with E-state index in [1.165, 1.54) is 37.5 Å². The topological polar surface area (TPSA) is 108 Å². The monoisotopic (exact) mass is 466 g/mol. The highest BCUT2D eigenvalue weighted by Gasteiger charge is 2.11. The number of nitrogens with one attached hydrogen (secondary N) is 1. The van der Waals surface area contributed by atoms with Crippen molar-refractivity contribution >= 4 is 40.7 Å². The number of hydrogen-bond acceptors (Lipinski definition) is 6. The summed E-state index contributed by atoms with van der Waals surface area (Å²) in [7, 11) is 1.45. The number of nitro groups is 1. The average Bonchev–Trinajstić information content (AvgIpc) is 2.82. The van der Waals surface area contributed by atoms with Crippen molar-refractivity contribution in [2.75, 3.05) is 19.0 Å². The number of non-ortho nitro benzene ring substituents is 1. The predicted octanol–water partition coefficient (Wildman–Crippen LogP) is 5.17. The maximum Gasteiger partial charge on any atom is 0.270 e. The Kier molecular flexibility index (Phi) is 7.77. The molecule has 0 aromatic heterocycles. The van der Waals surface area contributed by atoms with Crippen LogP contribution in [0.2, 0.25) is 5.02 Å². The lowest BCUT2D eigenvalue weighted by atomic mass is 10.1. The van der Waals surface area contributed by atoms with E-state index in [0.29, 0.717) is 27.8 Å². The van der Waals surface area contributed by atoms with E-state index in [-0.39, 0.29) is 23.6 Å². The highest BCUT2D eigenvalue weighted by atomic mass is 35.5. The van der Waals surface area contributed by atoms with Crippen LogP contribution in [0.25, 0.3) is 6.08 Å². The number of hydrogen-bond donors (Lipinski definition) is 1. The molecule has 3 aromatic carbocycles. The van der Waals surface area contributed by atoms with Crippen LogP contribution in [-0.2, 0) is 4.79 Å². The largest absolute Gasteiger partial charge is 0.493 e. The molecule has 9 heteroatoms. The number of rotatable bonds is 9. The van der Waals surface area contributed by atoms with Crippen molar-refractivity contribution in [3.63, 3.8) is 0 Å². The standard InChI is InChI=1S/C24H19ClN2O6/c1-32-23-13-16(9-11-21(28)17-5-4-6-18(14-17)27(30)31)10-12-22(23)33-15-24(29)26-20-8-3-2-7-19(20)25/h2-14H,15H2,1H3,(H,26,29)/b11-9+. The van der Waals surface area contributed by atoms with E-state index in [0.717, 1.165) is 0 Å². The van der Waals surface area contributed by atoms with E-state index < -0.39 is 10.8 Å². The first kappa shape index (κ1) is 23.5. The van der Waals surface area contributed by atoms with Gasteiger partial charge < -0.3 is 14.8 Å². The summed E-state index contributed by atoms with van der Waals surface area (Å²) < 4.78 is 10.9. The maximum absolute atomic E-state index is 12.3. The fourth-order valence-corrected chi connectivity index (χ4v) is 3.02. The molecule has 0 saturated carbocycles. The smallest absolute Gasteiger partial charge is 0.270 e. The molecule has 0 aliphatic carbocycles. The van der Waals surface area contributed by atoms with Crippen LogP contribution >= 0.6 is 11.6 Å². The third kappa shape index (κ3) is 6.41. The molecule has 1 N–H and O–H groups in total. The number of nitro benzene ring substituents is 1. The minimum atomic E-state index is -0.557. The Morgan fingerprint density at radius 2 is 1.85 bits per heavy atom. The van der Waals surface area contributed by atoms with Crippen molar-refractivity contribution in [1.82, 2.24) is 0 Å². The number of anilines is 1. The molecule has 0 radical (unpaired) electrons. The average molecular weight is 467 g/mol. The normalized spacial score (nSPS) is 10.6. The van der Waals surface area contributed by atoms with Crippen molar-refractivity contribution in [1.29, 1.82) is 0 Å². The van der Waals surface area contributed by atoms with Gasteiger partial charge in [-0.05, 0) is 35.9 Å². The van der Waals surface area contributed by atoms with Gasteiger partial charge in [-0.3, -0.25) is 19.7 Å². The lowest BCUT2D eigenvalue weighted by Gasteiger charge is -2.12. The van der Waals surface area contributed by atoms with Crippen molar-refractivity contribution in [2.45, 2.75) is 0 Å². The highest BCUT2D eigenvalue weighted by Crippen LogP contribution is 2.29. The van der Waals surface area contributed by atoms with Gasteiger partial charge in [-0.15, -0.1) is 0 Å². The van der Waals surface area contributed by atoms with E-state index in [4.69, 9.17) is 21.1 Å². The number of carbonyl (C=O) groups is 2. The second kappa shape index (κ2) is 10.9. The molecule has 3 rings (SSSR count). The quantitative estimate of drug-likeness (QED) is 0.202. The molecule has 3 aromatic rings. The lowest BCUT2D eigenvalue weighted by Crippen LogP contribution is -2.20. The van der Waals surface area contributed by atoms with Crippen molar-refractivity contribution in [3.8, 4) is 11.5 Å². The summed E-state index contributed by atoms with van der Waals surface area (Å²) in [4.78, 5) is 34.8. The number of ketones is 1. The highest BCUT2D eigenvalue weighted by molar-refractivity contribution is 6.33. The Bertz CT molecular complexity index is 1230. The number of amides is 1. The summed E-state index contributed by atoms with van der Waals surface area (Å²) in [5.41, 5.74) is 1.17. The lowest BCUT2D eigenvalue weighted by molar-refractivity contribution is -0.384. The van der Waals surface area contributed by atoms with Gasteiger partial charge in [0.2, 0.25) is 0 Å². The SMILES string of the molecule is COc1cc(/C=C/C(=O)c2cccc([N+](=O)[O-])c2)ccc1OCC(=O)Nc1ccccc1Cl. The van der Waals surface area contributed by atoms with E-state index in [2.05, 4.69) is 5.32 Å². The van der Waals surface area contributed by atoms with Crippen LogP contribution in [0.4, 0.5) is 11.4 Å². The minimum Gasteiger partial charge on any atom is -0.493 e. The number of carbonyl (C=O) groups excluding carboxylic acids is 2. The summed E-state index contributed by atoms with van der Waals surface area (Å²) in [6.07, 6.45) is 2.86. The van der Waals surface area contributed by atoms with Gasteiger partial charge in [-0.1, -0.05) is 48.0 Å². The summed E-state index contributed by atoms with van der Waals surface area (Å²) in [6.45, 7) is -0.262. The van der Waals surface area contributed by atoms with Crippen LogP contribution in [-0.4, -0.2) is 30.3 Å². The molecule has 8 nitrogen and oxygen atoms in total. The first-order chi connectivity index (χ1) is 15.9. The zero-order chi connectivity index (χ0) is 23.8. The first-order valence-electron chi connectivity index (χ1n) is 9.69. The number of para-hydroxylation sites is 1. The van der Waals surface area contributed by atoms with Gasteiger partial charge in [0.15, 0.2) is 23.9 Å². The Morgan fingerprint density at radius 3 is 2.58 bits per heavy atom. The fraction of sp³-hybridized carbons (Fsp3) is 0.0833. The Balaban J connectivity index is 1.65. The zero-order valence-electron chi connectivity index (χ0n) is 17.5. The van der Waals surface area contributed by atoms with Gasteiger partial charge in [0.25, 0.3) is 11.6 Å². The van der Waals surface area contributed by atoms with Gasteiger partial charge in [-0.25, -0.2) is 0 Å². The number of methoxy groups -OCH3 is 1. The van der Waals surface area contributed by atoms with E-state index in [1.807, 2.05) is 0 Å². The van der Waals surface area contributed by atoms with E-state index >= 15 is 0 Å². The molecule has 0 bridgehead atoms. The molecule has 0 saturated heterocycles. The second-order valence-corrected chi connectivity index (χ2v) is 7.14. The van der Waals surface area contributed by atoms with Crippen LogP contribution < -0.4 is 14.8 Å². The number of halogens is 1. The molecule has 0 fully saturated rings. The number of benzene rings is 3. The fourth-order valence-electron chi connectivity index (χ4n) is 2.84. The van der Waals surface area contributed by atoms with Crippen LogP contribution in [0, 0.1) is 10.1 Å². The molecule has 0 atom stereocenters. The molecule has 0 aliphatic rings. The third-order valence-electron chi connectivity index (χ3n) is 4.46. The third-order valence-corrected chi connectivity index (χ3v) is 4.79. The van der Waals surface area contributed by atoms with Crippen molar-refractivity contribution in [2.24, 2.45) is 0 Å². The van der Waals surface area contributed by atoms with Gasteiger partial charge >= 0.3 is 0 Å². The predicted molar refractivity (Wildman–Crippen MR) is 125 cm³/mol. The second-order valence-electron chi connectivity index (χ2n) is 6.73. The van der Waals surface area contributed by atoms with Gasteiger partial charge in [0, 0.05) is 17.7 Å². The zero-order valence-corrected chi connectivity index (χ0v) is 18.2. The Hall–Kier alpha value is -4.17. The minimum absolute atomic E-state index is 0.156. The van der Waals surface area contributed by atoms with Crippen LogP contribution in [0.15, 0.2) is 72.8 Å². The molecule has 0 spiro atoms. The van der Waals surface area contributed by atoms with E-state index in [9.17, 15) is 19.7 Å². The van der Waals surface area contributed by atoms with Crippen LogP contribution in [0.3, 0.4) is 0 Å². The number of allylic oxidation sites excluding steroid dienone is 1. The maximum atomic E-state index is 12.3. The van der Waals surface area contributed by atoms with Crippen LogP contribution in [0.5, 0.6) is 11.5 Å². The van der Waals surface area contributed by atoms with Gasteiger partial charge in [0.1, 0.15) is 0 Å². The van der Waals surface area contributed by atoms with Crippen molar-refractivity contribution in [3.05, 3.63) is 99.1 Å². The first-order valence-corrected chi connectivity index (χ1v) is 10.1. The van der Waals surface area contributed by atoms with Crippen molar-refractivity contribution < 1.29 is 24.0 Å². The molecular weight excluding hydrogens is 448 g/mol. The summed E-state index contributed by atoms with van der Waals surface area (Å²) in [5.74, 6) is -0.0645. The Morgan fingerprint density at radius 1 is 1.06 bits per heavy atom. The molecular formula is C24H19ClN2O6. The number of nitrogens with zero attached hydrogens (tertiary/aromatic N) is 1. The molecule has 1 amide bonds. The molecule has 0 aliphatic heterocycles. The number of ether oxygens (including phenoxy) is 2. The molecule has 168 valence electrons. The van der Waals surface area contributed by atoms with E-state index in [1.54, 1.807) is 48.5 Å². The van der Waals surface area contributed by atoms with Crippen LogP contribution in [0.1, 0.15) is 15.9 Å². The molecule has 0 unspecified atom stereocenters.